The first kappa shape index (κ1) is 14.0. The molecule has 2 aromatic rings. The molecule has 0 aliphatic heterocycles. The van der Waals surface area contributed by atoms with Crippen molar-refractivity contribution in [2.45, 2.75) is 19.9 Å². The minimum atomic E-state index is -0.128. The number of amides is 1. The highest BCUT2D eigenvalue weighted by atomic mass is 16.1. The number of pyridine rings is 2. The first-order valence-electron chi connectivity index (χ1n) is 6.67. The molecular formula is C15H18N4O. The van der Waals surface area contributed by atoms with Crippen LogP contribution in [0.1, 0.15) is 29.4 Å². The van der Waals surface area contributed by atoms with Gasteiger partial charge in [-0.1, -0.05) is 13.0 Å². The van der Waals surface area contributed by atoms with Crippen LogP contribution in [0.25, 0.3) is 0 Å². The summed E-state index contributed by atoms with van der Waals surface area (Å²) in [7, 11) is 0. The summed E-state index contributed by atoms with van der Waals surface area (Å²) in [5.74, 6) is -0.128. The van der Waals surface area contributed by atoms with E-state index in [-0.39, 0.29) is 5.91 Å². The molecular weight excluding hydrogens is 252 g/mol. The van der Waals surface area contributed by atoms with Crippen molar-refractivity contribution in [3.05, 3.63) is 54.1 Å². The Bertz CT molecular complexity index is 557. The van der Waals surface area contributed by atoms with Crippen molar-refractivity contribution in [1.29, 1.82) is 0 Å². The van der Waals surface area contributed by atoms with Crippen LogP contribution < -0.4 is 10.6 Å². The fourth-order valence-corrected chi connectivity index (χ4v) is 1.76. The Morgan fingerprint density at radius 3 is 2.90 bits per heavy atom. The molecule has 0 aromatic carbocycles. The van der Waals surface area contributed by atoms with E-state index in [0.717, 1.165) is 24.3 Å². The van der Waals surface area contributed by atoms with Crippen LogP contribution in [-0.4, -0.2) is 22.4 Å². The van der Waals surface area contributed by atoms with Crippen LogP contribution in [0, 0.1) is 0 Å². The fourth-order valence-electron chi connectivity index (χ4n) is 1.76. The zero-order chi connectivity index (χ0) is 14.2. The normalized spacial score (nSPS) is 10.1. The molecule has 1 amide bonds. The van der Waals surface area contributed by atoms with Crippen LogP contribution in [0.2, 0.25) is 0 Å². The molecule has 20 heavy (non-hydrogen) atoms. The number of rotatable bonds is 6. The molecule has 0 fully saturated rings. The Labute approximate surface area is 118 Å². The first-order chi connectivity index (χ1) is 9.81. The van der Waals surface area contributed by atoms with E-state index in [4.69, 9.17) is 0 Å². The Morgan fingerprint density at radius 1 is 1.25 bits per heavy atom. The van der Waals surface area contributed by atoms with Gasteiger partial charge in [0.2, 0.25) is 0 Å². The average molecular weight is 270 g/mol. The molecule has 0 saturated heterocycles. The summed E-state index contributed by atoms with van der Waals surface area (Å²) < 4.78 is 0. The van der Waals surface area contributed by atoms with E-state index in [1.807, 2.05) is 18.2 Å². The predicted molar refractivity (Wildman–Crippen MR) is 78.4 cm³/mol. The third-order valence-electron chi connectivity index (χ3n) is 2.79. The molecule has 5 heteroatoms. The molecule has 0 unspecified atom stereocenters. The number of carbonyl (C=O) groups is 1. The standard InChI is InChI=1S/C15H18N4O/c1-2-7-18-14-11-16-9-6-13(14)15(20)19-10-12-5-3-4-8-17-12/h3-6,8-9,11,18H,2,7,10H2,1H3,(H,19,20). The van der Waals surface area contributed by atoms with Crippen molar-refractivity contribution in [3.63, 3.8) is 0 Å². The number of carbonyl (C=O) groups excluding carboxylic acids is 1. The van der Waals surface area contributed by atoms with E-state index in [2.05, 4.69) is 27.5 Å². The molecule has 2 N–H and O–H groups in total. The fraction of sp³-hybridized carbons (Fsp3) is 0.267. The molecule has 0 atom stereocenters. The maximum atomic E-state index is 12.2. The largest absolute Gasteiger partial charge is 0.383 e. The van der Waals surface area contributed by atoms with E-state index in [0.29, 0.717) is 12.1 Å². The molecule has 0 saturated carbocycles. The van der Waals surface area contributed by atoms with Crippen LogP contribution in [0.3, 0.4) is 0 Å². The van der Waals surface area contributed by atoms with Gasteiger partial charge in [-0.2, -0.15) is 0 Å². The topological polar surface area (TPSA) is 66.9 Å². The van der Waals surface area contributed by atoms with Gasteiger partial charge in [0.1, 0.15) is 0 Å². The van der Waals surface area contributed by atoms with Crippen LogP contribution in [0.5, 0.6) is 0 Å². The Kier molecular flexibility index (Phi) is 5.06. The molecule has 0 radical (unpaired) electrons. The minimum Gasteiger partial charge on any atom is -0.383 e. The number of aromatic nitrogens is 2. The van der Waals surface area contributed by atoms with Gasteiger partial charge in [-0.3, -0.25) is 14.8 Å². The first-order valence-corrected chi connectivity index (χ1v) is 6.67. The summed E-state index contributed by atoms with van der Waals surface area (Å²) >= 11 is 0. The summed E-state index contributed by atoms with van der Waals surface area (Å²) in [6.45, 7) is 3.30. The lowest BCUT2D eigenvalue weighted by molar-refractivity contribution is 0.0951. The van der Waals surface area contributed by atoms with Crippen molar-refractivity contribution in [2.24, 2.45) is 0 Å². The quantitative estimate of drug-likeness (QED) is 0.844. The zero-order valence-electron chi connectivity index (χ0n) is 11.5. The van der Waals surface area contributed by atoms with Crippen LogP contribution in [0.15, 0.2) is 42.9 Å². The smallest absolute Gasteiger partial charge is 0.253 e. The molecule has 0 bridgehead atoms. The highest BCUT2D eigenvalue weighted by Gasteiger charge is 2.10. The lowest BCUT2D eigenvalue weighted by Gasteiger charge is -2.10. The van der Waals surface area contributed by atoms with Gasteiger partial charge in [-0.25, -0.2) is 0 Å². The second-order valence-electron chi connectivity index (χ2n) is 4.35. The van der Waals surface area contributed by atoms with Crippen molar-refractivity contribution >= 4 is 11.6 Å². The number of hydrogen-bond donors (Lipinski definition) is 2. The summed E-state index contributed by atoms with van der Waals surface area (Å²) in [5.41, 5.74) is 2.19. The third-order valence-corrected chi connectivity index (χ3v) is 2.79. The molecule has 2 heterocycles. The van der Waals surface area contributed by atoms with Gasteiger partial charge < -0.3 is 10.6 Å². The number of nitrogens with zero attached hydrogens (tertiary/aromatic N) is 2. The van der Waals surface area contributed by atoms with Gasteiger partial charge in [-0.05, 0) is 24.6 Å². The Morgan fingerprint density at radius 2 is 2.15 bits per heavy atom. The summed E-state index contributed by atoms with van der Waals surface area (Å²) in [6.07, 6.45) is 5.99. The van der Waals surface area contributed by atoms with E-state index in [1.54, 1.807) is 24.7 Å². The van der Waals surface area contributed by atoms with Crippen LogP contribution in [-0.2, 0) is 6.54 Å². The molecule has 0 aliphatic carbocycles. The van der Waals surface area contributed by atoms with Gasteiger partial charge in [0, 0.05) is 18.9 Å². The van der Waals surface area contributed by atoms with E-state index in [9.17, 15) is 4.79 Å². The van der Waals surface area contributed by atoms with Gasteiger partial charge in [0.25, 0.3) is 5.91 Å². The monoisotopic (exact) mass is 270 g/mol. The number of hydrogen-bond acceptors (Lipinski definition) is 4. The predicted octanol–water partition coefficient (Wildman–Crippen LogP) is 2.23. The molecule has 2 rings (SSSR count). The SMILES string of the molecule is CCCNc1cnccc1C(=O)NCc1ccccn1. The molecule has 0 aliphatic rings. The average Bonchev–Trinajstić information content (AvgIpc) is 2.52. The number of anilines is 1. The lowest BCUT2D eigenvalue weighted by Crippen LogP contribution is -2.24. The summed E-state index contributed by atoms with van der Waals surface area (Å²) in [4.78, 5) is 20.4. The third kappa shape index (κ3) is 3.78. The van der Waals surface area contributed by atoms with E-state index in [1.165, 1.54) is 0 Å². The second-order valence-corrected chi connectivity index (χ2v) is 4.35. The van der Waals surface area contributed by atoms with Crippen molar-refractivity contribution in [1.82, 2.24) is 15.3 Å². The van der Waals surface area contributed by atoms with Gasteiger partial charge >= 0.3 is 0 Å². The van der Waals surface area contributed by atoms with Crippen molar-refractivity contribution in [3.8, 4) is 0 Å². The van der Waals surface area contributed by atoms with Crippen LogP contribution >= 0.6 is 0 Å². The van der Waals surface area contributed by atoms with Crippen molar-refractivity contribution < 1.29 is 4.79 Å². The van der Waals surface area contributed by atoms with Crippen LogP contribution in [0.4, 0.5) is 5.69 Å². The zero-order valence-corrected chi connectivity index (χ0v) is 11.5. The van der Waals surface area contributed by atoms with E-state index < -0.39 is 0 Å². The summed E-state index contributed by atoms with van der Waals surface area (Å²) in [5, 5.41) is 6.07. The Hall–Kier alpha value is -2.43. The number of nitrogens with one attached hydrogen (secondary N) is 2. The molecule has 5 nitrogen and oxygen atoms in total. The molecule has 0 spiro atoms. The lowest BCUT2D eigenvalue weighted by atomic mass is 10.2. The summed E-state index contributed by atoms with van der Waals surface area (Å²) in [6, 6.07) is 7.34. The molecule has 104 valence electrons. The molecule has 2 aromatic heterocycles. The highest BCUT2D eigenvalue weighted by Crippen LogP contribution is 2.13. The maximum Gasteiger partial charge on any atom is 0.253 e. The van der Waals surface area contributed by atoms with Gasteiger partial charge in [0.15, 0.2) is 0 Å². The maximum absolute atomic E-state index is 12.2. The van der Waals surface area contributed by atoms with Gasteiger partial charge in [0.05, 0.1) is 29.7 Å². The highest BCUT2D eigenvalue weighted by molar-refractivity contribution is 5.99. The Balaban J connectivity index is 2.01. The second kappa shape index (κ2) is 7.23. The van der Waals surface area contributed by atoms with Crippen molar-refractivity contribution in [2.75, 3.05) is 11.9 Å². The van der Waals surface area contributed by atoms with E-state index >= 15 is 0 Å². The van der Waals surface area contributed by atoms with Gasteiger partial charge in [-0.15, -0.1) is 0 Å². The minimum absolute atomic E-state index is 0.128.